The van der Waals surface area contributed by atoms with E-state index in [1.807, 2.05) is 0 Å². The minimum Gasteiger partial charge on any atom is -0.387 e. The van der Waals surface area contributed by atoms with Crippen LogP contribution in [0, 0.1) is 11.7 Å². The summed E-state index contributed by atoms with van der Waals surface area (Å²) in [5, 5.41) is 14.0. The molecule has 0 radical (unpaired) electrons. The van der Waals surface area contributed by atoms with Crippen LogP contribution in [0.4, 0.5) is 16.2 Å². The van der Waals surface area contributed by atoms with Gasteiger partial charge in [0.05, 0.1) is 31.8 Å². The largest absolute Gasteiger partial charge is 0.387 e. The molecular weight excluding hydrogens is 641 g/mol. The Kier molecular flexibility index (Phi) is 8.14. The SMILES string of the molecule is Nc1nc2c(ncn2[C@@H]2OC3COP(=O)(S)O[C@H]4C[C@H](Nc5ncncc5F)C[C@@H]4COP(=O)(S)O[C@@H]2[C@@H]3O)c(=O)[nH]1. The van der Waals surface area contributed by atoms with Crippen LogP contribution in [0.1, 0.15) is 19.1 Å². The van der Waals surface area contributed by atoms with E-state index in [2.05, 4.69) is 54.7 Å². The van der Waals surface area contributed by atoms with Crippen LogP contribution in [0.3, 0.4) is 0 Å². The fourth-order valence-electron chi connectivity index (χ4n) is 5.19. The number of anilines is 2. The number of imidazole rings is 1. The highest BCUT2D eigenvalue weighted by Gasteiger charge is 2.51. The fraction of sp³-hybridized carbons (Fsp3) is 0.550. The molecule has 42 heavy (non-hydrogen) atoms. The van der Waals surface area contributed by atoms with E-state index in [0.29, 0.717) is 6.42 Å². The molecule has 2 saturated heterocycles. The summed E-state index contributed by atoms with van der Waals surface area (Å²) in [7, 11) is 0. The number of nitrogens with two attached hydrogens (primary N) is 1. The van der Waals surface area contributed by atoms with Gasteiger partial charge in [0, 0.05) is 12.0 Å². The van der Waals surface area contributed by atoms with Gasteiger partial charge in [-0.2, -0.15) is 4.98 Å². The van der Waals surface area contributed by atoms with Gasteiger partial charge in [-0.15, -0.1) is 0 Å². The van der Waals surface area contributed by atoms with Crippen LogP contribution in [0.5, 0.6) is 0 Å². The Morgan fingerprint density at radius 1 is 1.14 bits per heavy atom. The van der Waals surface area contributed by atoms with Crippen LogP contribution < -0.4 is 16.6 Å². The monoisotopic (exact) mass is 666 g/mol. The van der Waals surface area contributed by atoms with Crippen molar-refractivity contribution in [1.82, 2.24) is 29.5 Å². The Morgan fingerprint density at radius 3 is 2.69 bits per heavy atom. The molecular formula is C20H25FN8O9P2S2. The average molecular weight is 667 g/mol. The third kappa shape index (κ3) is 6.10. The second kappa shape index (κ2) is 11.4. The number of rotatable bonds is 3. The predicted molar refractivity (Wildman–Crippen MR) is 149 cm³/mol. The highest BCUT2D eigenvalue weighted by atomic mass is 32.7. The van der Waals surface area contributed by atoms with Gasteiger partial charge in [0.25, 0.3) is 5.56 Å². The summed E-state index contributed by atoms with van der Waals surface area (Å²) in [4.78, 5) is 30.2. The van der Waals surface area contributed by atoms with Crippen molar-refractivity contribution in [2.24, 2.45) is 5.92 Å². The quantitative estimate of drug-likeness (QED) is 0.173. The molecule has 5 N–H and O–H groups in total. The Labute approximate surface area is 246 Å². The number of aromatic nitrogens is 6. The predicted octanol–water partition coefficient (Wildman–Crippen LogP) is 1.67. The molecule has 3 aromatic rings. The van der Waals surface area contributed by atoms with Gasteiger partial charge in [0.15, 0.2) is 29.0 Å². The minimum atomic E-state index is -4.21. The van der Waals surface area contributed by atoms with Gasteiger partial charge in [-0.3, -0.25) is 27.9 Å². The molecule has 3 fully saturated rings. The Hall–Kier alpha value is -2.12. The third-order valence-electron chi connectivity index (χ3n) is 7.05. The third-order valence-corrected chi connectivity index (χ3v) is 10.3. The number of H-pyrrole nitrogens is 1. The molecule has 0 spiro atoms. The number of hydrogen-bond donors (Lipinski definition) is 6. The van der Waals surface area contributed by atoms with Crippen molar-refractivity contribution >= 4 is 61.0 Å². The number of halogens is 1. The summed E-state index contributed by atoms with van der Waals surface area (Å²) in [5.41, 5.74) is 4.99. The first kappa shape index (κ1) is 29.9. The zero-order chi connectivity index (χ0) is 29.8. The first-order valence-corrected chi connectivity index (χ1v) is 17.9. The van der Waals surface area contributed by atoms with Crippen LogP contribution in [0.25, 0.3) is 11.2 Å². The smallest absolute Gasteiger partial charge is 0.386 e. The molecule has 3 unspecified atom stereocenters. The van der Waals surface area contributed by atoms with Crippen LogP contribution in [0.15, 0.2) is 23.6 Å². The molecule has 2 bridgehead atoms. The highest BCUT2D eigenvalue weighted by Crippen LogP contribution is 2.60. The summed E-state index contributed by atoms with van der Waals surface area (Å²) in [6.07, 6.45) is -2.25. The number of aliphatic hydroxyl groups excluding tert-OH is 1. The number of nitrogen functional groups attached to an aromatic ring is 1. The Bertz CT molecular complexity index is 1650. The number of fused-ring (bicyclic) bond motifs is 4. The van der Waals surface area contributed by atoms with Crippen LogP contribution >= 0.6 is 38.1 Å². The molecule has 1 aliphatic carbocycles. The molecule has 0 aromatic carbocycles. The van der Waals surface area contributed by atoms with Gasteiger partial charge in [0.1, 0.15) is 24.6 Å². The topological polar surface area (TPSA) is 228 Å². The van der Waals surface area contributed by atoms with Crippen molar-refractivity contribution < 1.29 is 41.5 Å². The number of hydrogen-bond acceptors (Lipinski definition) is 15. The lowest BCUT2D eigenvalue weighted by Gasteiger charge is -2.26. The lowest BCUT2D eigenvalue weighted by molar-refractivity contribution is -0.0487. The van der Waals surface area contributed by atoms with E-state index in [4.69, 9.17) is 28.6 Å². The number of ether oxygens (including phenoxy) is 1. The zero-order valence-corrected chi connectivity index (χ0v) is 24.9. The first-order valence-electron chi connectivity index (χ1n) is 12.5. The van der Waals surface area contributed by atoms with Crippen molar-refractivity contribution in [2.45, 2.75) is 49.5 Å². The highest BCUT2D eigenvalue weighted by molar-refractivity contribution is 8.44. The molecule has 17 nitrogen and oxygen atoms in total. The van der Waals surface area contributed by atoms with Crippen molar-refractivity contribution in [3.05, 3.63) is 35.0 Å². The van der Waals surface area contributed by atoms with E-state index < -0.39 is 74.2 Å². The normalized spacial score (nSPS) is 37.5. The fourth-order valence-corrected chi connectivity index (χ4v) is 8.25. The molecule has 0 amide bonds. The number of aliphatic hydroxyl groups is 1. The van der Waals surface area contributed by atoms with E-state index in [1.165, 1.54) is 17.2 Å². The van der Waals surface area contributed by atoms with E-state index in [-0.39, 0.29) is 36.0 Å². The summed E-state index contributed by atoms with van der Waals surface area (Å²) >= 11 is 8.20. The summed E-state index contributed by atoms with van der Waals surface area (Å²) in [6, 6.07) is -0.405. The van der Waals surface area contributed by atoms with Crippen molar-refractivity contribution in [3.8, 4) is 0 Å². The number of thiol groups is 2. The maximum absolute atomic E-state index is 14.1. The lowest BCUT2D eigenvalue weighted by Crippen LogP contribution is -2.35. The maximum atomic E-state index is 14.1. The number of aromatic amines is 1. The van der Waals surface area contributed by atoms with E-state index in [1.54, 1.807) is 0 Å². The van der Waals surface area contributed by atoms with Crippen LogP contribution in [0.2, 0.25) is 0 Å². The summed E-state index contributed by atoms with van der Waals surface area (Å²) in [6.45, 7) is -9.00. The summed E-state index contributed by atoms with van der Waals surface area (Å²) in [5.74, 6) is -1.43. The van der Waals surface area contributed by atoms with Gasteiger partial charge >= 0.3 is 13.6 Å². The molecule has 6 rings (SSSR count). The molecule has 5 heterocycles. The molecule has 1 saturated carbocycles. The molecule has 9 atom stereocenters. The zero-order valence-electron chi connectivity index (χ0n) is 21.3. The van der Waals surface area contributed by atoms with Gasteiger partial charge in [-0.05, 0) is 12.8 Å². The maximum Gasteiger partial charge on any atom is 0.386 e. The van der Waals surface area contributed by atoms with Gasteiger partial charge in [0.2, 0.25) is 5.95 Å². The number of nitrogens with one attached hydrogen (secondary N) is 2. The first-order chi connectivity index (χ1) is 19.9. The average Bonchev–Trinajstić information content (AvgIpc) is 3.58. The van der Waals surface area contributed by atoms with Crippen molar-refractivity contribution in [1.29, 1.82) is 0 Å². The van der Waals surface area contributed by atoms with E-state index in [0.717, 1.165) is 6.20 Å². The van der Waals surface area contributed by atoms with Gasteiger partial charge in [-0.1, -0.05) is 24.5 Å². The Morgan fingerprint density at radius 2 is 1.90 bits per heavy atom. The molecule has 22 heteroatoms. The molecule has 228 valence electrons. The minimum absolute atomic E-state index is 0.00434. The second-order valence-electron chi connectivity index (χ2n) is 9.87. The van der Waals surface area contributed by atoms with E-state index in [9.17, 15) is 23.4 Å². The van der Waals surface area contributed by atoms with Crippen molar-refractivity contribution in [3.63, 3.8) is 0 Å². The number of nitrogens with zero attached hydrogens (tertiary/aromatic N) is 5. The van der Waals surface area contributed by atoms with Gasteiger partial charge < -0.3 is 25.4 Å². The second-order valence-corrected chi connectivity index (χ2v) is 15.6. The standard InChI is InChI=1S/C20H25FN8O9P2S2/c21-10-3-23-6-24-16(10)26-9-1-8-4-34-40(33,42)38-15-14(30)12(5-35-39(32,41)37-11(8)2-9)36-19(15)29-7-25-13-17(29)27-20(22)28-18(13)31/h3,6-9,11-12,14-15,19,30H,1-2,4-5H2,(H,32,41)(H,33,42)(H,23,24,26)(H3,22,27,28,31)/t8-,9-,11+,12?,14-,15-,19-,39?,40?/m1/s1. The molecule has 2 aliphatic heterocycles. The van der Waals surface area contributed by atoms with Gasteiger partial charge in [-0.25, -0.2) is 28.5 Å². The van der Waals surface area contributed by atoms with Crippen molar-refractivity contribution in [2.75, 3.05) is 24.3 Å². The molecule has 3 aromatic heterocycles. The Balaban J connectivity index is 1.27. The molecule has 3 aliphatic rings. The van der Waals surface area contributed by atoms with E-state index >= 15 is 0 Å². The summed E-state index contributed by atoms with van der Waals surface area (Å²) < 4.78 is 70.5. The van der Waals surface area contributed by atoms with Crippen LogP contribution in [-0.2, 0) is 32.0 Å². The lowest BCUT2D eigenvalue weighted by atomic mass is 10.1. The van der Waals surface area contributed by atoms with Crippen LogP contribution in [-0.4, -0.2) is 78.3 Å².